The largest absolute Gasteiger partial charge is 0.341 e. The van der Waals surface area contributed by atoms with Crippen molar-refractivity contribution >= 4 is 23.5 Å². The van der Waals surface area contributed by atoms with Crippen molar-refractivity contribution in [3.63, 3.8) is 0 Å². The minimum absolute atomic E-state index is 0.248. The Kier molecular flexibility index (Phi) is 6.18. The number of urea groups is 1. The van der Waals surface area contributed by atoms with Crippen LogP contribution in [-0.4, -0.2) is 61.5 Å². The summed E-state index contributed by atoms with van der Waals surface area (Å²) in [4.78, 5) is 27.1. The number of hydrogen-bond donors (Lipinski definition) is 2. The van der Waals surface area contributed by atoms with E-state index in [1.165, 1.54) is 12.6 Å². The summed E-state index contributed by atoms with van der Waals surface area (Å²) in [7, 11) is 1.48. The van der Waals surface area contributed by atoms with Crippen molar-refractivity contribution in [2.24, 2.45) is 0 Å². The second kappa shape index (κ2) is 8.12. The molecular weight excluding hydrogens is 304 g/mol. The summed E-state index contributed by atoms with van der Waals surface area (Å²) in [5.74, 6) is -0.275. The van der Waals surface area contributed by atoms with Crippen LogP contribution in [0.5, 0.6) is 0 Å². The number of hydrogen-bond acceptors (Lipinski definition) is 4. The zero-order chi connectivity index (χ0) is 15.9. The number of imide groups is 1. The van der Waals surface area contributed by atoms with E-state index in [0.717, 1.165) is 37.7 Å². The Morgan fingerprint density at radius 2 is 1.86 bits per heavy atom. The van der Waals surface area contributed by atoms with Crippen molar-refractivity contribution in [1.29, 1.82) is 0 Å². The highest BCUT2D eigenvalue weighted by Gasteiger charge is 2.19. The van der Waals surface area contributed by atoms with Gasteiger partial charge in [0.1, 0.15) is 0 Å². The van der Waals surface area contributed by atoms with Crippen LogP contribution in [-0.2, 0) is 11.3 Å². The maximum atomic E-state index is 11.6. The van der Waals surface area contributed by atoms with E-state index in [4.69, 9.17) is 11.6 Å². The molecule has 1 fully saturated rings. The molecule has 7 heteroatoms. The molecule has 0 unspecified atom stereocenters. The Bertz CT molecular complexity index is 530. The molecule has 1 heterocycles. The summed E-state index contributed by atoms with van der Waals surface area (Å²) in [6.07, 6.45) is 0. The molecule has 6 nitrogen and oxygen atoms in total. The predicted molar refractivity (Wildman–Crippen MR) is 85.8 cm³/mol. The van der Waals surface area contributed by atoms with Crippen molar-refractivity contribution in [2.45, 2.75) is 6.54 Å². The Morgan fingerprint density at radius 1 is 1.18 bits per heavy atom. The molecule has 120 valence electrons. The molecule has 2 N–H and O–H groups in total. The third-order valence-electron chi connectivity index (χ3n) is 3.61. The molecule has 2 rings (SSSR count). The lowest BCUT2D eigenvalue weighted by molar-refractivity contribution is -0.121. The van der Waals surface area contributed by atoms with Gasteiger partial charge in [-0.15, -0.1) is 0 Å². The number of carbonyl (C=O) groups excluding carboxylic acids is 2. The maximum Gasteiger partial charge on any atom is 0.321 e. The number of benzene rings is 1. The number of nitrogens with zero attached hydrogens (tertiary/aromatic N) is 2. The van der Waals surface area contributed by atoms with Crippen LogP contribution in [0.1, 0.15) is 5.56 Å². The first-order chi connectivity index (χ1) is 10.6. The van der Waals surface area contributed by atoms with Gasteiger partial charge in [0.15, 0.2) is 0 Å². The van der Waals surface area contributed by atoms with Crippen molar-refractivity contribution in [3.8, 4) is 0 Å². The number of carbonyl (C=O) groups is 2. The first-order valence-corrected chi connectivity index (χ1v) is 7.65. The molecule has 1 aliphatic rings. The molecule has 0 radical (unpaired) electrons. The van der Waals surface area contributed by atoms with Crippen molar-refractivity contribution < 1.29 is 9.59 Å². The van der Waals surface area contributed by atoms with Crippen molar-refractivity contribution in [3.05, 3.63) is 34.9 Å². The molecule has 1 saturated heterocycles. The van der Waals surface area contributed by atoms with Crippen molar-refractivity contribution in [1.82, 2.24) is 20.4 Å². The first kappa shape index (κ1) is 16.7. The molecule has 3 amide bonds. The smallest absolute Gasteiger partial charge is 0.321 e. The van der Waals surface area contributed by atoms with Gasteiger partial charge < -0.3 is 5.32 Å². The van der Waals surface area contributed by atoms with Gasteiger partial charge in [-0.3, -0.25) is 19.9 Å². The number of amides is 3. The Hall–Kier alpha value is -1.63. The summed E-state index contributed by atoms with van der Waals surface area (Å²) >= 11 is 5.99. The molecule has 0 atom stereocenters. The lowest BCUT2D eigenvalue weighted by Crippen LogP contribution is -2.50. The molecular formula is C15H21ClN4O2. The fourth-order valence-corrected chi connectivity index (χ4v) is 2.64. The van der Waals surface area contributed by atoms with E-state index < -0.39 is 6.03 Å². The Balaban J connectivity index is 1.73. The topological polar surface area (TPSA) is 64.7 Å². The van der Waals surface area contributed by atoms with E-state index in [2.05, 4.69) is 21.6 Å². The highest BCUT2D eigenvalue weighted by molar-refractivity contribution is 6.30. The third-order valence-corrected chi connectivity index (χ3v) is 3.84. The summed E-state index contributed by atoms with van der Waals surface area (Å²) in [6, 6.07) is 7.40. The molecule has 1 aromatic carbocycles. The fraction of sp³-hybridized carbons (Fsp3) is 0.467. The van der Waals surface area contributed by atoms with Gasteiger partial charge in [0, 0.05) is 44.8 Å². The van der Waals surface area contributed by atoms with E-state index in [1.54, 1.807) is 0 Å². The van der Waals surface area contributed by atoms with Gasteiger partial charge in [-0.2, -0.15) is 0 Å². The summed E-state index contributed by atoms with van der Waals surface area (Å²) in [5, 5.41) is 5.39. The van der Waals surface area contributed by atoms with E-state index in [-0.39, 0.29) is 12.5 Å². The standard InChI is InChI=1S/C15H21ClN4O2/c1-17-15(22)18-14(21)11-20-7-5-19(6-8-20)10-12-3-2-4-13(16)9-12/h2-4,9H,5-8,10-11H2,1H3,(H2,17,18,21,22). The molecule has 0 aromatic heterocycles. The lowest BCUT2D eigenvalue weighted by atomic mass is 10.2. The van der Waals surface area contributed by atoms with E-state index >= 15 is 0 Å². The summed E-state index contributed by atoms with van der Waals surface area (Å²) < 4.78 is 0. The van der Waals surface area contributed by atoms with Crippen LogP contribution < -0.4 is 10.6 Å². The predicted octanol–water partition coefficient (Wildman–Crippen LogP) is 0.913. The number of halogens is 1. The minimum Gasteiger partial charge on any atom is -0.341 e. The van der Waals surface area contributed by atoms with Gasteiger partial charge in [-0.1, -0.05) is 23.7 Å². The number of piperazine rings is 1. The zero-order valence-electron chi connectivity index (χ0n) is 12.6. The van der Waals surface area contributed by atoms with Crippen molar-refractivity contribution in [2.75, 3.05) is 39.8 Å². The van der Waals surface area contributed by atoms with E-state index in [1.807, 2.05) is 23.1 Å². The van der Waals surface area contributed by atoms with Gasteiger partial charge >= 0.3 is 6.03 Å². The van der Waals surface area contributed by atoms with E-state index in [9.17, 15) is 9.59 Å². The molecule has 0 bridgehead atoms. The van der Waals surface area contributed by atoms with Crippen LogP contribution in [0.4, 0.5) is 4.79 Å². The molecule has 1 aromatic rings. The highest BCUT2D eigenvalue weighted by Crippen LogP contribution is 2.13. The molecule has 22 heavy (non-hydrogen) atoms. The van der Waals surface area contributed by atoms with Crippen LogP contribution in [0.15, 0.2) is 24.3 Å². The normalized spacial score (nSPS) is 16.3. The van der Waals surface area contributed by atoms with Crippen LogP contribution >= 0.6 is 11.6 Å². The maximum absolute atomic E-state index is 11.6. The van der Waals surface area contributed by atoms with E-state index in [0.29, 0.717) is 0 Å². The molecule has 0 saturated carbocycles. The second-order valence-corrected chi connectivity index (χ2v) is 5.75. The monoisotopic (exact) mass is 324 g/mol. The summed E-state index contributed by atoms with van der Waals surface area (Å²) in [6.45, 7) is 4.50. The SMILES string of the molecule is CNC(=O)NC(=O)CN1CCN(Cc2cccc(Cl)c2)CC1. The molecule has 1 aliphatic heterocycles. The fourth-order valence-electron chi connectivity index (χ4n) is 2.43. The minimum atomic E-state index is -0.468. The van der Waals surface area contributed by atoms with Gasteiger partial charge in [-0.05, 0) is 17.7 Å². The average Bonchev–Trinajstić information content (AvgIpc) is 2.49. The molecule has 0 aliphatic carbocycles. The average molecular weight is 325 g/mol. The van der Waals surface area contributed by atoms with Crippen LogP contribution in [0.25, 0.3) is 0 Å². The van der Waals surface area contributed by atoms with Crippen LogP contribution in [0.2, 0.25) is 5.02 Å². The van der Waals surface area contributed by atoms with Crippen LogP contribution in [0.3, 0.4) is 0 Å². The second-order valence-electron chi connectivity index (χ2n) is 5.31. The number of nitrogens with one attached hydrogen (secondary N) is 2. The van der Waals surface area contributed by atoms with Gasteiger partial charge in [0.25, 0.3) is 0 Å². The lowest BCUT2D eigenvalue weighted by Gasteiger charge is -2.34. The van der Waals surface area contributed by atoms with Gasteiger partial charge in [-0.25, -0.2) is 4.79 Å². The van der Waals surface area contributed by atoms with Gasteiger partial charge in [0.2, 0.25) is 5.91 Å². The van der Waals surface area contributed by atoms with Gasteiger partial charge in [0.05, 0.1) is 6.54 Å². The number of rotatable bonds is 4. The van der Waals surface area contributed by atoms with Crippen LogP contribution in [0, 0.1) is 0 Å². The zero-order valence-corrected chi connectivity index (χ0v) is 13.4. The molecule has 0 spiro atoms. The Morgan fingerprint density at radius 3 is 2.50 bits per heavy atom. The highest BCUT2D eigenvalue weighted by atomic mass is 35.5. The third kappa shape index (κ3) is 5.29. The summed E-state index contributed by atoms with van der Waals surface area (Å²) in [5.41, 5.74) is 1.19. The Labute approximate surface area is 135 Å². The first-order valence-electron chi connectivity index (χ1n) is 7.27. The quantitative estimate of drug-likeness (QED) is 0.864.